The van der Waals surface area contributed by atoms with Gasteiger partial charge in [-0.1, -0.05) is 0 Å². The van der Waals surface area contributed by atoms with Gasteiger partial charge in [0.05, 0.1) is 0 Å². The van der Waals surface area contributed by atoms with E-state index in [0.29, 0.717) is 0 Å². The molecule has 0 aromatic rings. The molecule has 11 heavy (non-hydrogen) atoms. The van der Waals surface area contributed by atoms with Crippen molar-refractivity contribution in [2.45, 2.75) is 31.3 Å². The molecule has 0 aliphatic heterocycles. The van der Waals surface area contributed by atoms with Crippen molar-refractivity contribution in [2.75, 3.05) is 5.88 Å². The lowest BCUT2D eigenvalue weighted by atomic mass is 10.2. The molecule has 0 aromatic heterocycles. The van der Waals surface area contributed by atoms with E-state index in [1.807, 2.05) is 0 Å². The van der Waals surface area contributed by atoms with Crippen LogP contribution in [0.4, 0.5) is 0 Å². The first kappa shape index (κ1) is 8.81. The first-order valence-electron chi connectivity index (χ1n) is 3.83. The fraction of sp³-hybridized carbons (Fsp3) is 0.857. The number of rotatable bonds is 2. The standard InChI is InChI=1S/C7H13ClN2O/c8-4-7(11)10-6-2-1-5(9)3-6/h5-6H,1-4,9H2,(H,10,11)/t5-,6+/m0/s1. The Morgan fingerprint density at radius 2 is 2.36 bits per heavy atom. The maximum Gasteiger partial charge on any atom is 0.235 e. The van der Waals surface area contributed by atoms with Crippen LogP contribution < -0.4 is 11.1 Å². The van der Waals surface area contributed by atoms with E-state index in [9.17, 15) is 4.79 Å². The summed E-state index contributed by atoms with van der Waals surface area (Å²) in [5.41, 5.74) is 5.66. The van der Waals surface area contributed by atoms with Crippen LogP contribution in [0, 0.1) is 0 Å². The van der Waals surface area contributed by atoms with Gasteiger partial charge in [-0.15, -0.1) is 11.6 Å². The Morgan fingerprint density at radius 1 is 1.64 bits per heavy atom. The molecule has 0 radical (unpaired) electrons. The molecule has 0 heterocycles. The van der Waals surface area contributed by atoms with Gasteiger partial charge in [-0.25, -0.2) is 0 Å². The van der Waals surface area contributed by atoms with E-state index < -0.39 is 0 Å². The average Bonchev–Trinajstić information content (AvgIpc) is 2.35. The highest BCUT2D eigenvalue weighted by Crippen LogP contribution is 2.16. The summed E-state index contributed by atoms with van der Waals surface area (Å²) in [6.45, 7) is 0. The van der Waals surface area contributed by atoms with Gasteiger partial charge in [-0.05, 0) is 19.3 Å². The minimum Gasteiger partial charge on any atom is -0.352 e. The van der Waals surface area contributed by atoms with Crippen LogP contribution in [0.1, 0.15) is 19.3 Å². The molecule has 1 aliphatic rings. The average molecular weight is 177 g/mol. The van der Waals surface area contributed by atoms with E-state index in [-0.39, 0.29) is 23.9 Å². The highest BCUT2D eigenvalue weighted by Gasteiger charge is 2.22. The topological polar surface area (TPSA) is 55.1 Å². The zero-order chi connectivity index (χ0) is 8.27. The molecule has 1 rings (SSSR count). The molecule has 3 nitrogen and oxygen atoms in total. The Bertz CT molecular complexity index is 151. The van der Waals surface area contributed by atoms with Crippen molar-refractivity contribution < 1.29 is 4.79 Å². The third kappa shape index (κ3) is 2.67. The maximum atomic E-state index is 10.8. The normalized spacial score (nSPS) is 30.4. The Balaban J connectivity index is 2.23. The summed E-state index contributed by atoms with van der Waals surface area (Å²) in [6, 6.07) is 0.520. The van der Waals surface area contributed by atoms with Crippen molar-refractivity contribution in [3.63, 3.8) is 0 Å². The van der Waals surface area contributed by atoms with Crippen molar-refractivity contribution in [3.8, 4) is 0 Å². The SMILES string of the molecule is N[C@H]1CC[C@@H](NC(=O)CCl)C1. The van der Waals surface area contributed by atoms with Crippen LogP contribution >= 0.6 is 11.6 Å². The molecule has 0 spiro atoms. The van der Waals surface area contributed by atoms with Gasteiger partial charge in [-0.3, -0.25) is 4.79 Å². The van der Waals surface area contributed by atoms with Gasteiger partial charge in [0.2, 0.25) is 5.91 Å². The molecule has 1 aliphatic carbocycles. The van der Waals surface area contributed by atoms with E-state index in [0.717, 1.165) is 19.3 Å². The molecule has 1 saturated carbocycles. The Kier molecular flexibility index (Phi) is 3.15. The fourth-order valence-electron chi connectivity index (χ4n) is 1.41. The fourth-order valence-corrected chi connectivity index (χ4v) is 1.49. The van der Waals surface area contributed by atoms with Gasteiger partial charge in [-0.2, -0.15) is 0 Å². The van der Waals surface area contributed by atoms with Crippen molar-refractivity contribution >= 4 is 17.5 Å². The quantitative estimate of drug-likeness (QED) is 0.592. The number of hydrogen-bond acceptors (Lipinski definition) is 2. The van der Waals surface area contributed by atoms with Crippen LogP contribution in [0.25, 0.3) is 0 Å². The van der Waals surface area contributed by atoms with E-state index in [1.54, 1.807) is 0 Å². The molecule has 1 fully saturated rings. The summed E-state index contributed by atoms with van der Waals surface area (Å²) in [5.74, 6) is -0.0445. The molecule has 0 saturated heterocycles. The van der Waals surface area contributed by atoms with Gasteiger partial charge < -0.3 is 11.1 Å². The van der Waals surface area contributed by atoms with E-state index >= 15 is 0 Å². The second kappa shape index (κ2) is 3.93. The van der Waals surface area contributed by atoms with Gasteiger partial charge in [0.1, 0.15) is 5.88 Å². The summed E-state index contributed by atoms with van der Waals surface area (Å²) in [7, 11) is 0. The molecule has 3 N–H and O–H groups in total. The van der Waals surface area contributed by atoms with Gasteiger partial charge in [0, 0.05) is 12.1 Å². The number of amides is 1. The van der Waals surface area contributed by atoms with Crippen molar-refractivity contribution in [3.05, 3.63) is 0 Å². The zero-order valence-electron chi connectivity index (χ0n) is 6.35. The highest BCUT2D eigenvalue weighted by molar-refractivity contribution is 6.27. The predicted molar refractivity (Wildman–Crippen MR) is 44.5 cm³/mol. The molecule has 1 amide bonds. The second-order valence-electron chi connectivity index (χ2n) is 2.97. The van der Waals surface area contributed by atoms with Gasteiger partial charge in [0.25, 0.3) is 0 Å². The van der Waals surface area contributed by atoms with Crippen LogP contribution in [0.15, 0.2) is 0 Å². The molecule has 2 atom stereocenters. The largest absolute Gasteiger partial charge is 0.352 e. The number of carbonyl (C=O) groups is 1. The van der Waals surface area contributed by atoms with Gasteiger partial charge in [0.15, 0.2) is 0 Å². The van der Waals surface area contributed by atoms with Crippen molar-refractivity contribution in [1.29, 1.82) is 0 Å². The maximum absolute atomic E-state index is 10.8. The monoisotopic (exact) mass is 176 g/mol. The molecule has 0 aromatic carbocycles. The molecule has 4 heteroatoms. The van der Waals surface area contributed by atoms with Crippen LogP contribution in [0.3, 0.4) is 0 Å². The third-order valence-electron chi connectivity index (χ3n) is 1.96. The number of nitrogens with one attached hydrogen (secondary N) is 1. The smallest absolute Gasteiger partial charge is 0.235 e. The summed E-state index contributed by atoms with van der Waals surface area (Å²) < 4.78 is 0. The second-order valence-corrected chi connectivity index (χ2v) is 3.24. The molecular weight excluding hydrogens is 164 g/mol. The first-order valence-corrected chi connectivity index (χ1v) is 4.36. The summed E-state index contributed by atoms with van der Waals surface area (Å²) >= 11 is 5.32. The summed E-state index contributed by atoms with van der Waals surface area (Å²) in [5, 5.41) is 2.81. The van der Waals surface area contributed by atoms with Crippen LogP contribution in [-0.2, 0) is 4.79 Å². The Hall–Kier alpha value is -0.280. The van der Waals surface area contributed by atoms with Crippen LogP contribution in [-0.4, -0.2) is 23.9 Å². The third-order valence-corrected chi connectivity index (χ3v) is 2.20. The molecule has 64 valence electrons. The molecule has 0 unspecified atom stereocenters. The number of hydrogen-bond donors (Lipinski definition) is 2. The lowest BCUT2D eigenvalue weighted by molar-refractivity contribution is -0.119. The minimum atomic E-state index is -0.0919. The first-order chi connectivity index (χ1) is 5.22. The van der Waals surface area contributed by atoms with Crippen molar-refractivity contribution in [2.24, 2.45) is 5.73 Å². The summed E-state index contributed by atoms with van der Waals surface area (Å²) in [6.07, 6.45) is 2.89. The Morgan fingerprint density at radius 3 is 2.82 bits per heavy atom. The van der Waals surface area contributed by atoms with E-state index in [4.69, 9.17) is 17.3 Å². The van der Waals surface area contributed by atoms with Crippen LogP contribution in [0.5, 0.6) is 0 Å². The minimum absolute atomic E-state index is 0.0474. The van der Waals surface area contributed by atoms with Crippen LogP contribution in [0.2, 0.25) is 0 Å². The predicted octanol–water partition coefficient (Wildman–Crippen LogP) is 0.221. The number of halogens is 1. The number of carbonyl (C=O) groups excluding carboxylic acids is 1. The zero-order valence-corrected chi connectivity index (χ0v) is 7.10. The lowest BCUT2D eigenvalue weighted by Gasteiger charge is -2.10. The highest BCUT2D eigenvalue weighted by atomic mass is 35.5. The number of alkyl halides is 1. The van der Waals surface area contributed by atoms with Crippen molar-refractivity contribution in [1.82, 2.24) is 5.32 Å². The lowest BCUT2D eigenvalue weighted by Crippen LogP contribution is -2.34. The molecule has 0 bridgehead atoms. The van der Waals surface area contributed by atoms with Gasteiger partial charge >= 0.3 is 0 Å². The molecular formula is C7H13ClN2O. The Labute approximate surface area is 71.3 Å². The van der Waals surface area contributed by atoms with E-state index in [1.165, 1.54) is 0 Å². The van der Waals surface area contributed by atoms with E-state index in [2.05, 4.69) is 5.32 Å². The summed E-state index contributed by atoms with van der Waals surface area (Å²) in [4.78, 5) is 10.8. The number of nitrogens with two attached hydrogens (primary N) is 1.